The minimum absolute atomic E-state index is 0.207. The fraction of sp³-hybridized carbons (Fsp3) is 0.143. The van der Waals surface area contributed by atoms with E-state index >= 15 is 0 Å². The molecule has 0 bridgehead atoms. The first-order valence-electron chi connectivity index (χ1n) is 3.04. The van der Waals surface area contributed by atoms with Gasteiger partial charge in [0.2, 0.25) is 0 Å². The van der Waals surface area contributed by atoms with E-state index in [1.54, 1.807) is 0 Å². The zero-order valence-corrected chi connectivity index (χ0v) is 5.61. The second kappa shape index (κ2) is 2.06. The first-order valence-corrected chi connectivity index (χ1v) is 3.04. The summed E-state index contributed by atoms with van der Waals surface area (Å²) in [5.74, 6) is -1.28. The molecule has 0 amide bonds. The van der Waals surface area contributed by atoms with Crippen LogP contribution < -0.4 is 9.47 Å². The molecule has 0 aromatic heterocycles. The van der Waals surface area contributed by atoms with Gasteiger partial charge in [0.1, 0.15) is 5.82 Å². The van der Waals surface area contributed by atoms with Crippen LogP contribution in [0, 0.1) is 11.9 Å². The molecule has 1 radical (unpaired) electrons. The average Bonchev–Trinajstić information content (AvgIpc) is 2.21. The number of alkyl halides is 2. The summed E-state index contributed by atoms with van der Waals surface area (Å²) in [5.41, 5.74) is 0. The molecule has 1 aromatic carbocycles. The number of ether oxygens (including phenoxy) is 2. The van der Waals surface area contributed by atoms with Gasteiger partial charge < -0.3 is 9.47 Å². The van der Waals surface area contributed by atoms with Crippen molar-refractivity contribution < 1.29 is 22.6 Å². The maximum Gasteiger partial charge on any atom is 0.586 e. The lowest BCUT2D eigenvalue weighted by molar-refractivity contribution is -0.286. The van der Waals surface area contributed by atoms with E-state index in [4.69, 9.17) is 0 Å². The van der Waals surface area contributed by atoms with Crippen LogP contribution in [-0.2, 0) is 0 Å². The minimum Gasteiger partial charge on any atom is -0.395 e. The molecule has 2 rings (SSSR count). The Morgan fingerprint density at radius 2 is 1.92 bits per heavy atom. The van der Waals surface area contributed by atoms with Crippen LogP contribution in [0.1, 0.15) is 0 Å². The van der Waals surface area contributed by atoms with Gasteiger partial charge in [-0.25, -0.2) is 4.39 Å². The maximum atomic E-state index is 12.4. The lowest BCUT2D eigenvalue weighted by Gasteiger charge is -2.04. The molecule has 5 heteroatoms. The molecular formula is C7H2F3O2. The number of hydrogen-bond donors (Lipinski definition) is 0. The topological polar surface area (TPSA) is 18.5 Å². The van der Waals surface area contributed by atoms with Gasteiger partial charge >= 0.3 is 6.29 Å². The van der Waals surface area contributed by atoms with E-state index in [0.717, 1.165) is 12.1 Å². The maximum absolute atomic E-state index is 12.4. The highest BCUT2D eigenvalue weighted by molar-refractivity contribution is 5.41. The van der Waals surface area contributed by atoms with Gasteiger partial charge in [-0.05, 0) is 6.07 Å². The van der Waals surface area contributed by atoms with Crippen molar-refractivity contribution in [1.82, 2.24) is 0 Å². The van der Waals surface area contributed by atoms with Crippen molar-refractivity contribution in [3.05, 3.63) is 24.0 Å². The smallest absolute Gasteiger partial charge is 0.395 e. The monoisotopic (exact) mass is 175 g/mol. The molecular weight excluding hydrogens is 173 g/mol. The summed E-state index contributed by atoms with van der Waals surface area (Å²) >= 11 is 0. The molecule has 1 aromatic rings. The summed E-state index contributed by atoms with van der Waals surface area (Å²) in [6, 6.07) is 3.82. The fourth-order valence-corrected chi connectivity index (χ4v) is 0.870. The molecule has 1 heterocycles. The third-order valence-corrected chi connectivity index (χ3v) is 1.30. The highest BCUT2D eigenvalue weighted by Crippen LogP contribution is 2.40. The Balaban J connectivity index is 2.43. The summed E-state index contributed by atoms with van der Waals surface area (Å²) in [4.78, 5) is 0. The Bertz CT molecular complexity index is 324. The molecule has 0 fully saturated rings. The van der Waals surface area contributed by atoms with Crippen LogP contribution in [0.15, 0.2) is 12.1 Å². The van der Waals surface area contributed by atoms with E-state index in [2.05, 4.69) is 15.5 Å². The third kappa shape index (κ3) is 1.07. The number of hydrogen-bond acceptors (Lipinski definition) is 2. The largest absolute Gasteiger partial charge is 0.586 e. The van der Waals surface area contributed by atoms with Crippen molar-refractivity contribution in [3.8, 4) is 11.5 Å². The van der Waals surface area contributed by atoms with Crippen molar-refractivity contribution >= 4 is 0 Å². The fourth-order valence-electron chi connectivity index (χ4n) is 0.870. The summed E-state index contributed by atoms with van der Waals surface area (Å²) in [7, 11) is 0. The number of halogens is 3. The van der Waals surface area contributed by atoms with Crippen LogP contribution in [0.2, 0.25) is 0 Å². The van der Waals surface area contributed by atoms with Crippen molar-refractivity contribution in [2.45, 2.75) is 6.29 Å². The molecule has 0 spiro atoms. The van der Waals surface area contributed by atoms with E-state index in [1.807, 2.05) is 0 Å². The van der Waals surface area contributed by atoms with E-state index in [-0.39, 0.29) is 11.5 Å². The summed E-state index contributed by atoms with van der Waals surface area (Å²) < 4.78 is 44.9. The molecule has 1 aliphatic heterocycles. The SMILES string of the molecule is Fc1[c]cc2c(c1)OC(F)(F)O2. The van der Waals surface area contributed by atoms with E-state index in [9.17, 15) is 13.2 Å². The number of rotatable bonds is 0. The van der Waals surface area contributed by atoms with Gasteiger partial charge in [-0.1, -0.05) is 0 Å². The van der Waals surface area contributed by atoms with Crippen LogP contribution in [0.3, 0.4) is 0 Å². The Morgan fingerprint density at radius 1 is 1.25 bits per heavy atom. The van der Waals surface area contributed by atoms with Gasteiger partial charge in [-0.3, -0.25) is 0 Å². The zero-order chi connectivity index (χ0) is 8.77. The van der Waals surface area contributed by atoms with Gasteiger partial charge in [-0.15, -0.1) is 8.78 Å². The molecule has 2 nitrogen and oxygen atoms in total. The lowest BCUT2D eigenvalue weighted by atomic mass is 10.3. The molecule has 0 atom stereocenters. The number of benzene rings is 1. The van der Waals surface area contributed by atoms with Crippen molar-refractivity contribution in [2.24, 2.45) is 0 Å². The van der Waals surface area contributed by atoms with Crippen molar-refractivity contribution in [3.63, 3.8) is 0 Å². The van der Waals surface area contributed by atoms with Crippen LogP contribution in [0.4, 0.5) is 13.2 Å². The predicted octanol–water partition coefficient (Wildman–Crippen LogP) is 1.95. The second-order valence-electron chi connectivity index (χ2n) is 2.18. The Kier molecular flexibility index (Phi) is 1.25. The minimum atomic E-state index is -3.69. The highest BCUT2D eigenvalue weighted by Gasteiger charge is 2.43. The molecule has 0 aliphatic carbocycles. The van der Waals surface area contributed by atoms with E-state index < -0.39 is 12.1 Å². The second-order valence-corrected chi connectivity index (χ2v) is 2.18. The van der Waals surface area contributed by atoms with E-state index in [0.29, 0.717) is 0 Å². The van der Waals surface area contributed by atoms with Gasteiger partial charge in [-0.2, -0.15) is 0 Å². The molecule has 12 heavy (non-hydrogen) atoms. The van der Waals surface area contributed by atoms with E-state index in [1.165, 1.54) is 0 Å². The Morgan fingerprint density at radius 3 is 2.67 bits per heavy atom. The lowest BCUT2D eigenvalue weighted by Crippen LogP contribution is -2.25. The molecule has 1 aliphatic rings. The zero-order valence-electron chi connectivity index (χ0n) is 5.61. The summed E-state index contributed by atoms with van der Waals surface area (Å²) in [6.07, 6.45) is -3.69. The summed E-state index contributed by atoms with van der Waals surface area (Å²) in [5, 5.41) is 0. The third-order valence-electron chi connectivity index (χ3n) is 1.30. The Labute approximate surface area is 65.5 Å². The molecule has 63 valence electrons. The molecule has 0 N–H and O–H groups in total. The average molecular weight is 175 g/mol. The van der Waals surface area contributed by atoms with Crippen LogP contribution >= 0.6 is 0 Å². The van der Waals surface area contributed by atoms with Gasteiger partial charge in [0.15, 0.2) is 11.5 Å². The van der Waals surface area contributed by atoms with Crippen molar-refractivity contribution in [2.75, 3.05) is 0 Å². The van der Waals surface area contributed by atoms with Gasteiger partial charge in [0.05, 0.1) is 0 Å². The molecule has 0 saturated carbocycles. The highest BCUT2D eigenvalue weighted by atomic mass is 19.3. The first kappa shape index (κ1) is 7.27. The number of fused-ring (bicyclic) bond motifs is 1. The predicted molar refractivity (Wildman–Crippen MR) is 31.4 cm³/mol. The van der Waals surface area contributed by atoms with Crippen molar-refractivity contribution in [1.29, 1.82) is 0 Å². The van der Waals surface area contributed by atoms with Crippen LogP contribution in [0.5, 0.6) is 11.5 Å². The molecule has 0 unspecified atom stereocenters. The molecule has 0 saturated heterocycles. The van der Waals surface area contributed by atoms with Gasteiger partial charge in [0.25, 0.3) is 0 Å². The van der Waals surface area contributed by atoms with Crippen LogP contribution in [-0.4, -0.2) is 6.29 Å². The summed E-state index contributed by atoms with van der Waals surface area (Å²) in [6.45, 7) is 0. The normalized spacial score (nSPS) is 17.9. The van der Waals surface area contributed by atoms with Gasteiger partial charge in [0, 0.05) is 12.1 Å². The Hall–Kier alpha value is -1.39. The van der Waals surface area contributed by atoms with Crippen LogP contribution in [0.25, 0.3) is 0 Å². The quantitative estimate of drug-likeness (QED) is 0.599. The standard InChI is InChI=1S/C7H2F3O2/c8-4-1-2-5-6(3-4)12-7(9,10)11-5/h2-3H. The first-order chi connectivity index (χ1) is 5.57.